The third-order valence-electron chi connectivity index (χ3n) is 4.25. The molecule has 2 amide bonds. The first-order valence-corrected chi connectivity index (χ1v) is 10.2. The second-order valence-electron chi connectivity index (χ2n) is 6.62. The highest BCUT2D eigenvalue weighted by molar-refractivity contribution is 6.40. The first kappa shape index (κ1) is 23.9. The van der Waals surface area contributed by atoms with Crippen LogP contribution in [0.25, 0.3) is 0 Å². The molecule has 0 fully saturated rings. The standard InChI is InChI=1S/C23H16Cl2FN3O4/c1-13(28-29-22(31)21(30)27-16-9-10-19(26)18(25)12-16)17-7-2-3-8-20(17)33-23(32)14-5-4-6-15(24)11-14/h2-12H,1H3,(H,27,30)(H,29,31)/b28-13+. The lowest BCUT2D eigenvalue weighted by molar-refractivity contribution is -0.136. The first-order chi connectivity index (χ1) is 15.7. The van der Waals surface area contributed by atoms with Crippen molar-refractivity contribution in [2.45, 2.75) is 6.92 Å². The van der Waals surface area contributed by atoms with Crippen LogP contribution in [0.5, 0.6) is 5.75 Å². The fourth-order valence-corrected chi connectivity index (χ4v) is 3.01. The van der Waals surface area contributed by atoms with Crippen molar-refractivity contribution < 1.29 is 23.5 Å². The molecule has 0 heterocycles. The minimum absolute atomic E-state index is 0.139. The van der Waals surface area contributed by atoms with E-state index in [1.807, 2.05) is 0 Å². The smallest absolute Gasteiger partial charge is 0.343 e. The van der Waals surface area contributed by atoms with Gasteiger partial charge in [0, 0.05) is 16.3 Å². The summed E-state index contributed by atoms with van der Waals surface area (Å²) in [6.45, 7) is 1.56. The zero-order chi connectivity index (χ0) is 24.0. The number of nitrogens with zero attached hydrogens (tertiary/aromatic N) is 1. The van der Waals surface area contributed by atoms with Gasteiger partial charge in [0.05, 0.1) is 16.3 Å². The molecule has 0 aromatic heterocycles. The van der Waals surface area contributed by atoms with Crippen LogP contribution >= 0.6 is 23.2 Å². The molecule has 3 rings (SSSR count). The lowest BCUT2D eigenvalue weighted by atomic mass is 10.1. The van der Waals surface area contributed by atoms with Gasteiger partial charge in [-0.1, -0.05) is 41.4 Å². The monoisotopic (exact) mass is 487 g/mol. The molecule has 2 N–H and O–H groups in total. The molecule has 0 aliphatic heterocycles. The predicted octanol–water partition coefficient (Wildman–Crippen LogP) is 4.83. The third-order valence-corrected chi connectivity index (χ3v) is 4.77. The van der Waals surface area contributed by atoms with Crippen LogP contribution in [0.1, 0.15) is 22.8 Å². The SMILES string of the molecule is C/C(=N\NC(=O)C(=O)Nc1ccc(F)c(Cl)c1)c1ccccc1OC(=O)c1cccc(Cl)c1. The molecule has 0 unspecified atom stereocenters. The van der Waals surface area contributed by atoms with Gasteiger partial charge in [0.2, 0.25) is 0 Å². The van der Waals surface area contributed by atoms with E-state index in [2.05, 4.69) is 15.8 Å². The minimum Gasteiger partial charge on any atom is -0.422 e. The molecule has 0 atom stereocenters. The zero-order valence-electron chi connectivity index (χ0n) is 17.1. The Morgan fingerprint density at radius 2 is 1.70 bits per heavy atom. The van der Waals surface area contributed by atoms with Gasteiger partial charge in [-0.2, -0.15) is 5.10 Å². The van der Waals surface area contributed by atoms with Crippen molar-refractivity contribution in [3.8, 4) is 5.75 Å². The number of hydrazone groups is 1. The lowest BCUT2D eigenvalue weighted by Crippen LogP contribution is -2.33. The Balaban J connectivity index is 1.69. The summed E-state index contributed by atoms with van der Waals surface area (Å²) in [7, 11) is 0. The Bertz CT molecular complexity index is 1260. The van der Waals surface area contributed by atoms with Crippen LogP contribution in [0.3, 0.4) is 0 Å². The summed E-state index contributed by atoms with van der Waals surface area (Å²) in [6.07, 6.45) is 0. The van der Waals surface area contributed by atoms with E-state index in [0.717, 1.165) is 6.07 Å². The van der Waals surface area contributed by atoms with E-state index in [9.17, 15) is 18.8 Å². The number of rotatable bonds is 5. The number of halogens is 3. The van der Waals surface area contributed by atoms with Crippen molar-refractivity contribution in [2.75, 3.05) is 5.32 Å². The summed E-state index contributed by atoms with van der Waals surface area (Å²) in [5.41, 5.74) is 3.21. The number of nitrogens with one attached hydrogen (secondary N) is 2. The normalized spacial score (nSPS) is 11.0. The number of hydrogen-bond donors (Lipinski definition) is 2. The summed E-state index contributed by atoms with van der Waals surface area (Å²) < 4.78 is 18.7. The molecule has 0 bridgehead atoms. The van der Waals surface area contributed by atoms with Crippen molar-refractivity contribution in [3.05, 3.63) is 93.7 Å². The van der Waals surface area contributed by atoms with Gasteiger partial charge in [-0.05, 0) is 55.5 Å². The number of esters is 1. The highest BCUT2D eigenvalue weighted by atomic mass is 35.5. The van der Waals surface area contributed by atoms with Gasteiger partial charge in [-0.15, -0.1) is 0 Å². The number of ether oxygens (including phenoxy) is 1. The van der Waals surface area contributed by atoms with Crippen molar-refractivity contribution in [2.24, 2.45) is 5.10 Å². The molecule has 0 saturated heterocycles. The van der Waals surface area contributed by atoms with E-state index in [1.54, 1.807) is 49.4 Å². The van der Waals surface area contributed by atoms with E-state index in [4.69, 9.17) is 27.9 Å². The summed E-state index contributed by atoms with van der Waals surface area (Å²) >= 11 is 11.6. The van der Waals surface area contributed by atoms with Gasteiger partial charge in [-0.3, -0.25) is 9.59 Å². The molecule has 3 aromatic carbocycles. The number of para-hydroxylation sites is 1. The van der Waals surface area contributed by atoms with Crippen molar-refractivity contribution in [3.63, 3.8) is 0 Å². The average molecular weight is 488 g/mol. The summed E-state index contributed by atoms with van der Waals surface area (Å²) in [4.78, 5) is 36.6. The van der Waals surface area contributed by atoms with Crippen LogP contribution in [-0.2, 0) is 9.59 Å². The molecule has 10 heteroatoms. The molecular formula is C23H16Cl2FN3O4. The maximum absolute atomic E-state index is 13.2. The maximum atomic E-state index is 13.2. The Morgan fingerprint density at radius 1 is 0.939 bits per heavy atom. The van der Waals surface area contributed by atoms with Crippen LogP contribution in [0.2, 0.25) is 10.0 Å². The Kier molecular flexibility index (Phi) is 7.76. The molecule has 3 aromatic rings. The second-order valence-corrected chi connectivity index (χ2v) is 7.46. The Labute approximate surface area is 198 Å². The fraction of sp³-hybridized carbons (Fsp3) is 0.0435. The molecule has 168 valence electrons. The van der Waals surface area contributed by atoms with E-state index < -0.39 is 23.6 Å². The summed E-state index contributed by atoms with van der Waals surface area (Å²) in [6, 6.07) is 16.3. The number of benzene rings is 3. The van der Waals surface area contributed by atoms with Gasteiger partial charge >= 0.3 is 17.8 Å². The van der Waals surface area contributed by atoms with Gasteiger partial charge in [-0.25, -0.2) is 14.6 Å². The van der Waals surface area contributed by atoms with Crippen LogP contribution in [-0.4, -0.2) is 23.5 Å². The number of anilines is 1. The second kappa shape index (κ2) is 10.7. The molecule has 7 nitrogen and oxygen atoms in total. The van der Waals surface area contributed by atoms with Gasteiger partial charge in [0.15, 0.2) is 0 Å². The van der Waals surface area contributed by atoms with E-state index in [0.29, 0.717) is 10.6 Å². The zero-order valence-corrected chi connectivity index (χ0v) is 18.6. The third kappa shape index (κ3) is 6.38. The molecule has 0 aliphatic carbocycles. The Hall–Kier alpha value is -3.75. The highest BCUT2D eigenvalue weighted by Crippen LogP contribution is 2.21. The Morgan fingerprint density at radius 3 is 2.42 bits per heavy atom. The maximum Gasteiger partial charge on any atom is 0.343 e. The molecule has 33 heavy (non-hydrogen) atoms. The summed E-state index contributed by atoms with van der Waals surface area (Å²) in [5.74, 6) is -3.19. The van der Waals surface area contributed by atoms with Gasteiger partial charge in [0.1, 0.15) is 11.6 Å². The number of hydrogen-bond acceptors (Lipinski definition) is 5. The van der Waals surface area contributed by atoms with Crippen molar-refractivity contribution >= 4 is 52.4 Å². The van der Waals surface area contributed by atoms with Gasteiger partial charge < -0.3 is 10.1 Å². The fourth-order valence-electron chi connectivity index (χ4n) is 2.64. The van der Waals surface area contributed by atoms with E-state index >= 15 is 0 Å². The van der Waals surface area contributed by atoms with E-state index in [1.165, 1.54) is 18.2 Å². The number of carbonyl (C=O) groups is 3. The molecule has 0 spiro atoms. The highest BCUT2D eigenvalue weighted by Gasteiger charge is 2.16. The minimum atomic E-state index is -1.07. The summed E-state index contributed by atoms with van der Waals surface area (Å²) in [5, 5.41) is 6.37. The van der Waals surface area contributed by atoms with Crippen LogP contribution in [0, 0.1) is 5.82 Å². The average Bonchev–Trinajstić information content (AvgIpc) is 2.80. The van der Waals surface area contributed by atoms with Crippen molar-refractivity contribution in [1.29, 1.82) is 0 Å². The lowest BCUT2D eigenvalue weighted by Gasteiger charge is -2.10. The van der Waals surface area contributed by atoms with Crippen LogP contribution in [0.4, 0.5) is 10.1 Å². The quantitative estimate of drug-likeness (QED) is 0.177. The molecular weight excluding hydrogens is 472 g/mol. The van der Waals surface area contributed by atoms with Crippen LogP contribution < -0.4 is 15.5 Å². The molecule has 0 radical (unpaired) electrons. The number of amides is 2. The number of carbonyl (C=O) groups excluding carboxylic acids is 3. The molecule has 0 aliphatic rings. The van der Waals surface area contributed by atoms with E-state index in [-0.39, 0.29) is 27.7 Å². The largest absolute Gasteiger partial charge is 0.422 e. The van der Waals surface area contributed by atoms with Gasteiger partial charge in [0.25, 0.3) is 0 Å². The predicted molar refractivity (Wildman–Crippen MR) is 123 cm³/mol. The topological polar surface area (TPSA) is 96.9 Å². The van der Waals surface area contributed by atoms with Crippen LogP contribution in [0.15, 0.2) is 71.8 Å². The molecule has 0 saturated carbocycles. The van der Waals surface area contributed by atoms with Crippen molar-refractivity contribution in [1.82, 2.24) is 5.43 Å². The first-order valence-electron chi connectivity index (χ1n) is 9.42.